The zero-order chi connectivity index (χ0) is 20.7. The second-order valence-electron chi connectivity index (χ2n) is 7.53. The van der Waals surface area contributed by atoms with E-state index in [-0.39, 0.29) is 11.1 Å². The predicted molar refractivity (Wildman–Crippen MR) is 115 cm³/mol. The number of rotatable bonds is 5. The summed E-state index contributed by atoms with van der Waals surface area (Å²) in [7, 11) is 0. The molecule has 0 fully saturated rings. The average Bonchev–Trinajstić information content (AvgIpc) is 2.69. The number of benzene rings is 1. The van der Waals surface area contributed by atoms with Crippen LogP contribution in [0.4, 0.5) is 5.69 Å². The number of allylic oxidation sites excluding steroid dienone is 6. The monoisotopic (exact) mass is 373 g/mol. The van der Waals surface area contributed by atoms with Crippen molar-refractivity contribution in [3.63, 3.8) is 0 Å². The Kier molecular flexibility index (Phi) is 6.85. The Morgan fingerprint density at radius 3 is 2.32 bits per heavy atom. The van der Waals surface area contributed by atoms with E-state index in [1.165, 1.54) is 5.69 Å². The molecule has 0 unspecified atom stereocenters. The molecular weight excluding hydrogens is 346 g/mol. The molecule has 0 radical (unpaired) electrons. The summed E-state index contributed by atoms with van der Waals surface area (Å²) in [5.41, 5.74) is 3.42. The van der Waals surface area contributed by atoms with E-state index >= 15 is 0 Å². The van der Waals surface area contributed by atoms with Gasteiger partial charge in [-0.25, -0.2) is 10.1 Å². The maximum atomic E-state index is 9.35. The van der Waals surface area contributed by atoms with E-state index < -0.39 is 0 Å². The van der Waals surface area contributed by atoms with Crippen molar-refractivity contribution in [3.8, 4) is 6.07 Å². The standard InChI is InChI=1S/C24H27N3O/c1-7-27(8-2)20-13-10-18(11-14-20)9-12-19-17-28-23(24(3,4)5)15-21(19)22(16-25)26-6/h9-15,17H,7-8H2,1-5H3/b12-9+,22-21?. The van der Waals surface area contributed by atoms with Gasteiger partial charge in [0.15, 0.2) is 0 Å². The largest absolute Gasteiger partial charge is 0.468 e. The van der Waals surface area contributed by atoms with Crippen LogP contribution >= 0.6 is 0 Å². The van der Waals surface area contributed by atoms with Crippen LogP contribution in [0.3, 0.4) is 0 Å². The molecule has 28 heavy (non-hydrogen) atoms. The highest BCUT2D eigenvalue weighted by Gasteiger charge is 2.24. The van der Waals surface area contributed by atoms with E-state index in [4.69, 9.17) is 11.3 Å². The van der Waals surface area contributed by atoms with Crippen molar-refractivity contribution in [2.24, 2.45) is 5.41 Å². The highest BCUT2D eigenvalue weighted by molar-refractivity contribution is 5.64. The molecule has 0 saturated heterocycles. The Bertz CT molecular complexity index is 891. The summed E-state index contributed by atoms with van der Waals surface area (Å²) >= 11 is 0. The number of hydrogen-bond donors (Lipinski definition) is 0. The van der Waals surface area contributed by atoms with E-state index in [2.05, 4.69) is 47.9 Å². The lowest BCUT2D eigenvalue weighted by molar-refractivity contribution is 0.241. The molecule has 0 N–H and O–H groups in total. The third-order valence-electron chi connectivity index (χ3n) is 4.59. The number of ether oxygens (including phenoxy) is 1. The van der Waals surface area contributed by atoms with Gasteiger partial charge in [0.1, 0.15) is 5.76 Å². The van der Waals surface area contributed by atoms with Gasteiger partial charge in [0, 0.05) is 35.3 Å². The molecule has 1 aromatic carbocycles. The first kappa shape index (κ1) is 21.1. The Hall–Kier alpha value is -3.24. The molecule has 0 atom stereocenters. The number of nitriles is 1. The lowest BCUT2D eigenvalue weighted by atomic mass is 9.89. The zero-order valence-corrected chi connectivity index (χ0v) is 17.3. The van der Waals surface area contributed by atoms with E-state index in [1.807, 2.05) is 39.0 Å². The Morgan fingerprint density at radius 1 is 1.18 bits per heavy atom. The van der Waals surface area contributed by atoms with Gasteiger partial charge in [-0.2, -0.15) is 0 Å². The minimum Gasteiger partial charge on any atom is -0.468 e. The van der Waals surface area contributed by atoms with Crippen LogP contribution in [0.5, 0.6) is 0 Å². The molecule has 0 bridgehead atoms. The quantitative estimate of drug-likeness (QED) is 0.463. The summed E-state index contributed by atoms with van der Waals surface area (Å²) in [6.45, 7) is 19.7. The van der Waals surface area contributed by atoms with Crippen molar-refractivity contribution in [1.82, 2.24) is 0 Å². The Balaban J connectivity index is 2.32. The van der Waals surface area contributed by atoms with E-state index in [0.717, 1.165) is 24.4 Å². The molecule has 144 valence electrons. The minimum absolute atomic E-state index is 0.0674. The summed E-state index contributed by atoms with van der Waals surface area (Å²) in [5.74, 6) is 0.736. The SMILES string of the molecule is [C-]#[N+]C(C#N)=C1C=C(C(C)(C)C)OC=C1/C=C/c1ccc(N(CC)CC)cc1. The smallest absolute Gasteiger partial charge is 0.269 e. The first-order valence-electron chi connectivity index (χ1n) is 9.48. The summed E-state index contributed by atoms with van der Waals surface area (Å²) in [4.78, 5) is 5.68. The van der Waals surface area contributed by atoms with Crippen LogP contribution in [0.15, 0.2) is 65.3 Å². The minimum atomic E-state index is -0.208. The second kappa shape index (κ2) is 9.11. The Morgan fingerprint density at radius 2 is 1.82 bits per heavy atom. The van der Waals surface area contributed by atoms with Crippen LogP contribution in [0, 0.1) is 23.3 Å². The molecule has 4 heteroatoms. The van der Waals surface area contributed by atoms with Gasteiger partial charge in [-0.1, -0.05) is 45.1 Å². The second-order valence-corrected chi connectivity index (χ2v) is 7.53. The molecule has 1 aromatic rings. The van der Waals surface area contributed by atoms with Crippen molar-refractivity contribution >= 4 is 11.8 Å². The molecule has 1 heterocycles. The molecule has 0 amide bonds. The van der Waals surface area contributed by atoms with Crippen molar-refractivity contribution in [3.05, 3.63) is 82.3 Å². The van der Waals surface area contributed by atoms with Gasteiger partial charge < -0.3 is 9.64 Å². The molecule has 0 spiro atoms. The van der Waals surface area contributed by atoms with E-state index in [9.17, 15) is 5.26 Å². The van der Waals surface area contributed by atoms with Crippen molar-refractivity contribution in [2.75, 3.05) is 18.0 Å². The summed E-state index contributed by atoms with van der Waals surface area (Å²) in [5, 5.41) is 9.35. The van der Waals surface area contributed by atoms with Gasteiger partial charge in [-0.05, 0) is 37.6 Å². The molecule has 0 aromatic heterocycles. The fourth-order valence-corrected chi connectivity index (χ4v) is 2.88. The fourth-order valence-electron chi connectivity index (χ4n) is 2.88. The molecule has 1 aliphatic rings. The summed E-state index contributed by atoms with van der Waals surface area (Å²) in [6.07, 6.45) is 7.29. The highest BCUT2D eigenvalue weighted by Crippen LogP contribution is 2.34. The zero-order valence-electron chi connectivity index (χ0n) is 17.3. The molecular formula is C24H27N3O. The maximum Gasteiger partial charge on any atom is 0.269 e. The first-order valence-corrected chi connectivity index (χ1v) is 9.48. The molecule has 4 nitrogen and oxygen atoms in total. The molecule has 0 aliphatic carbocycles. The first-order chi connectivity index (χ1) is 13.3. The fraction of sp³-hybridized carbons (Fsp3) is 0.333. The average molecular weight is 374 g/mol. The van der Waals surface area contributed by atoms with E-state index in [0.29, 0.717) is 11.1 Å². The van der Waals surface area contributed by atoms with Crippen LogP contribution in [-0.4, -0.2) is 13.1 Å². The number of hydrogen-bond acceptors (Lipinski definition) is 3. The van der Waals surface area contributed by atoms with E-state index in [1.54, 1.807) is 12.3 Å². The highest BCUT2D eigenvalue weighted by atomic mass is 16.5. The normalized spacial score (nSPS) is 15.8. The van der Waals surface area contributed by atoms with Crippen molar-refractivity contribution in [1.29, 1.82) is 5.26 Å². The van der Waals surface area contributed by atoms with Gasteiger partial charge in [-0.15, -0.1) is 0 Å². The predicted octanol–water partition coefficient (Wildman–Crippen LogP) is 6.09. The van der Waals surface area contributed by atoms with Gasteiger partial charge >= 0.3 is 0 Å². The van der Waals surface area contributed by atoms with Gasteiger partial charge in [0.2, 0.25) is 0 Å². The van der Waals surface area contributed by atoms with Crippen molar-refractivity contribution in [2.45, 2.75) is 34.6 Å². The van der Waals surface area contributed by atoms with Gasteiger partial charge in [0.05, 0.1) is 18.9 Å². The Labute approximate surface area is 168 Å². The molecule has 0 saturated carbocycles. The maximum absolute atomic E-state index is 9.35. The van der Waals surface area contributed by atoms with Crippen molar-refractivity contribution < 1.29 is 4.74 Å². The lowest BCUT2D eigenvalue weighted by Crippen LogP contribution is -2.21. The van der Waals surface area contributed by atoms with Crippen LogP contribution in [0.1, 0.15) is 40.2 Å². The van der Waals surface area contributed by atoms with Crippen LogP contribution in [0.2, 0.25) is 0 Å². The molecule has 1 aliphatic heterocycles. The van der Waals surface area contributed by atoms with Gasteiger partial charge in [-0.3, -0.25) is 0 Å². The third-order valence-corrected chi connectivity index (χ3v) is 4.59. The van der Waals surface area contributed by atoms with Crippen LogP contribution in [-0.2, 0) is 4.74 Å². The third kappa shape index (κ3) is 4.93. The topological polar surface area (TPSA) is 40.6 Å². The number of anilines is 1. The molecule has 2 rings (SSSR count). The lowest BCUT2D eigenvalue weighted by Gasteiger charge is -2.25. The van der Waals surface area contributed by atoms with Gasteiger partial charge in [0.25, 0.3) is 5.70 Å². The van der Waals surface area contributed by atoms with Crippen LogP contribution in [0.25, 0.3) is 10.9 Å². The number of nitrogens with zero attached hydrogens (tertiary/aromatic N) is 3. The summed E-state index contributed by atoms with van der Waals surface area (Å²) in [6, 6.07) is 10.3. The van der Waals surface area contributed by atoms with Crippen LogP contribution < -0.4 is 4.90 Å². The summed E-state index contributed by atoms with van der Waals surface area (Å²) < 4.78 is 5.79.